The zero-order chi connectivity index (χ0) is 19.1. The van der Waals surface area contributed by atoms with E-state index in [2.05, 4.69) is 5.32 Å². The van der Waals surface area contributed by atoms with E-state index in [0.717, 1.165) is 18.4 Å². The first-order valence-electron chi connectivity index (χ1n) is 9.58. The van der Waals surface area contributed by atoms with E-state index in [1.165, 1.54) is 0 Å². The van der Waals surface area contributed by atoms with Crippen LogP contribution in [0.4, 0.5) is 4.79 Å². The number of benzene rings is 1. The minimum atomic E-state index is -0.425. The number of nitrogens with one attached hydrogen (secondary N) is 1. The van der Waals surface area contributed by atoms with E-state index in [-0.39, 0.29) is 11.9 Å². The van der Waals surface area contributed by atoms with Gasteiger partial charge in [0.15, 0.2) is 0 Å². The molecule has 0 bridgehead atoms. The lowest BCUT2D eigenvalue weighted by atomic mass is 9.95. The molecule has 3 amide bonds. The van der Waals surface area contributed by atoms with E-state index in [1.54, 1.807) is 12.0 Å². The van der Waals surface area contributed by atoms with Gasteiger partial charge in [-0.25, -0.2) is 4.79 Å². The number of hydrogen-bond acceptors (Lipinski definition) is 4. The van der Waals surface area contributed by atoms with Crippen LogP contribution in [0.15, 0.2) is 30.3 Å². The SMILES string of the molecule is COCCCN1C(=O)CCN(C(=O)NCc2ccccc2)CC12CCOC2. The highest BCUT2D eigenvalue weighted by molar-refractivity contribution is 5.80. The minimum Gasteiger partial charge on any atom is -0.385 e. The number of amides is 3. The topological polar surface area (TPSA) is 71.1 Å². The van der Waals surface area contributed by atoms with Gasteiger partial charge >= 0.3 is 6.03 Å². The second-order valence-electron chi connectivity index (χ2n) is 7.23. The molecule has 1 atom stereocenters. The van der Waals surface area contributed by atoms with Crippen LogP contribution in [-0.2, 0) is 20.8 Å². The number of nitrogens with zero attached hydrogens (tertiary/aromatic N) is 2. The average molecular weight is 375 g/mol. The Morgan fingerprint density at radius 3 is 2.85 bits per heavy atom. The zero-order valence-corrected chi connectivity index (χ0v) is 16.0. The molecule has 7 heteroatoms. The van der Waals surface area contributed by atoms with Gasteiger partial charge in [-0.15, -0.1) is 0 Å². The van der Waals surface area contributed by atoms with Crippen molar-refractivity contribution in [3.63, 3.8) is 0 Å². The van der Waals surface area contributed by atoms with E-state index in [9.17, 15) is 9.59 Å². The molecule has 2 heterocycles. The lowest BCUT2D eigenvalue weighted by molar-refractivity contribution is -0.136. The Kier molecular flexibility index (Phi) is 6.68. The summed E-state index contributed by atoms with van der Waals surface area (Å²) in [5.41, 5.74) is 0.627. The molecule has 0 saturated carbocycles. The maximum atomic E-state index is 12.8. The molecule has 1 unspecified atom stereocenters. The summed E-state index contributed by atoms with van der Waals surface area (Å²) in [6.45, 7) is 3.76. The highest BCUT2D eigenvalue weighted by atomic mass is 16.5. The van der Waals surface area contributed by atoms with Crippen molar-refractivity contribution in [2.24, 2.45) is 0 Å². The number of urea groups is 1. The molecule has 148 valence electrons. The summed E-state index contributed by atoms with van der Waals surface area (Å²) in [5, 5.41) is 2.98. The standard InChI is InChI=1S/C20H29N3O4/c1-26-12-5-10-23-18(24)8-11-22(15-20(23)9-13-27-16-20)19(25)21-14-17-6-3-2-4-7-17/h2-4,6-7H,5,8-16H2,1H3,(H,21,25). The molecular formula is C20H29N3O4. The predicted octanol–water partition coefficient (Wildman–Crippen LogP) is 1.63. The number of hydrogen-bond donors (Lipinski definition) is 1. The molecule has 2 aliphatic heterocycles. The fourth-order valence-corrected chi connectivity index (χ4v) is 3.87. The largest absolute Gasteiger partial charge is 0.385 e. The number of rotatable bonds is 6. The van der Waals surface area contributed by atoms with Crippen LogP contribution in [0.5, 0.6) is 0 Å². The number of ether oxygens (including phenoxy) is 2. The Hall–Kier alpha value is -2.12. The van der Waals surface area contributed by atoms with Gasteiger partial charge in [0.1, 0.15) is 0 Å². The highest BCUT2D eigenvalue weighted by Gasteiger charge is 2.46. The van der Waals surface area contributed by atoms with Crippen LogP contribution in [0.1, 0.15) is 24.8 Å². The summed E-state index contributed by atoms with van der Waals surface area (Å²) in [7, 11) is 1.66. The van der Waals surface area contributed by atoms with E-state index >= 15 is 0 Å². The number of carbonyl (C=O) groups is 2. The van der Waals surface area contributed by atoms with Crippen molar-refractivity contribution >= 4 is 11.9 Å². The second kappa shape index (κ2) is 9.19. The third-order valence-electron chi connectivity index (χ3n) is 5.34. The van der Waals surface area contributed by atoms with Crippen molar-refractivity contribution in [3.8, 4) is 0 Å². The van der Waals surface area contributed by atoms with Crippen LogP contribution < -0.4 is 5.32 Å². The summed E-state index contributed by atoms with van der Waals surface area (Å²) in [6.07, 6.45) is 1.88. The van der Waals surface area contributed by atoms with Crippen LogP contribution in [0, 0.1) is 0 Å². The quantitative estimate of drug-likeness (QED) is 0.767. The summed E-state index contributed by atoms with van der Waals surface area (Å²) < 4.78 is 10.8. The molecule has 1 aromatic rings. The van der Waals surface area contributed by atoms with Gasteiger partial charge in [0.25, 0.3) is 0 Å². The Bertz CT molecular complexity index is 631. The molecule has 1 spiro atoms. The predicted molar refractivity (Wildman–Crippen MR) is 101 cm³/mol. The monoisotopic (exact) mass is 375 g/mol. The molecule has 2 saturated heterocycles. The molecule has 0 aliphatic carbocycles. The van der Waals surface area contributed by atoms with Crippen molar-refractivity contribution in [3.05, 3.63) is 35.9 Å². The first-order valence-corrected chi connectivity index (χ1v) is 9.58. The Morgan fingerprint density at radius 1 is 1.33 bits per heavy atom. The minimum absolute atomic E-state index is 0.0926. The number of methoxy groups -OCH3 is 1. The molecule has 2 aliphatic rings. The summed E-state index contributed by atoms with van der Waals surface area (Å²) in [5.74, 6) is 0.0926. The average Bonchev–Trinajstić information content (AvgIpc) is 3.11. The van der Waals surface area contributed by atoms with E-state index < -0.39 is 5.54 Å². The maximum Gasteiger partial charge on any atom is 0.317 e. The normalized spacial score (nSPS) is 22.9. The van der Waals surface area contributed by atoms with Gasteiger partial charge < -0.3 is 24.6 Å². The van der Waals surface area contributed by atoms with Gasteiger partial charge in [-0.2, -0.15) is 0 Å². The van der Waals surface area contributed by atoms with Gasteiger partial charge in [-0.1, -0.05) is 30.3 Å². The second-order valence-corrected chi connectivity index (χ2v) is 7.23. The fraction of sp³-hybridized carbons (Fsp3) is 0.600. The first kappa shape index (κ1) is 19.6. The van der Waals surface area contributed by atoms with E-state index in [1.807, 2.05) is 35.2 Å². The Morgan fingerprint density at radius 2 is 2.15 bits per heavy atom. The third kappa shape index (κ3) is 4.78. The van der Waals surface area contributed by atoms with Crippen molar-refractivity contribution < 1.29 is 19.1 Å². The van der Waals surface area contributed by atoms with Gasteiger partial charge in [0.05, 0.1) is 12.1 Å². The van der Waals surface area contributed by atoms with Crippen molar-refractivity contribution in [1.82, 2.24) is 15.1 Å². The van der Waals surface area contributed by atoms with E-state index in [4.69, 9.17) is 9.47 Å². The molecular weight excluding hydrogens is 346 g/mol. The lowest BCUT2D eigenvalue weighted by Crippen LogP contribution is -2.58. The molecule has 3 rings (SSSR count). The number of carbonyl (C=O) groups excluding carboxylic acids is 2. The van der Waals surface area contributed by atoms with Crippen molar-refractivity contribution in [1.29, 1.82) is 0 Å². The third-order valence-corrected chi connectivity index (χ3v) is 5.34. The maximum absolute atomic E-state index is 12.8. The van der Waals surface area contributed by atoms with Crippen LogP contribution in [0.2, 0.25) is 0 Å². The Balaban J connectivity index is 1.67. The molecule has 0 aromatic heterocycles. The smallest absolute Gasteiger partial charge is 0.317 e. The summed E-state index contributed by atoms with van der Waals surface area (Å²) in [4.78, 5) is 29.3. The molecule has 27 heavy (non-hydrogen) atoms. The fourth-order valence-electron chi connectivity index (χ4n) is 3.87. The molecule has 1 N–H and O–H groups in total. The molecule has 7 nitrogen and oxygen atoms in total. The van der Waals surface area contributed by atoms with E-state index in [0.29, 0.717) is 52.4 Å². The van der Waals surface area contributed by atoms with Gasteiger partial charge in [-0.05, 0) is 18.4 Å². The zero-order valence-electron chi connectivity index (χ0n) is 16.0. The van der Waals surface area contributed by atoms with Crippen LogP contribution >= 0.6 is 0 Å². The van der Waals surface area contributed by atoms with Crippen LogP contribution in [0.3, 0.4) is 0 Å². The van der Waals surface area contributed by atoms with Gasteiger partial charge in [0, 0.05) is 52.9 Å². The molecule has 1 aromatic carbocycles. The Labute approximate surface area is 160 Å². The highest BCUT2D eigenvalue weighted by Crippen LogP contribution is 2.31. The van der Waals surface area contributed by atoms with Crippen LogP contribution in [-0.4, -0.2) is 73.8 Å². The first-order chi connectivity index (χ1) is 13.1. The summed E-state index contributed by atoms with van der Waals surface area (Å²) in [6, 6.07) is 9.69. The lowest BCUT2D eigenvalue weighted by Gasteiger charge is -2.40. The van der Waals surface area contributed by atoms with Gasteiger partial charge in [0.2, 0.25) is 5.91 Å². The van der Waals surface area contributed by atoms with Crippen molar-refractivity contribution in [2.45, 2.75) is 31.3 Å². The molecule has 2 fully saturated rings. The van der Waals surface area contributed by atoms with Crippen LogP contribution in [0.25, 0.3) is 0 Å². The van der Waals surface area contributed by atoms with Gasteiger partial charge in [-0.3, -0.25) is 4.79 Å². The summed E-state index contributed by atoms with van der Waals surface area (Å²) >= 11 is 0. The van der Waals surface area contributed by atoms with Crippen molar-refractivity contribution in [2.75, 3.05) is 46.6 Å². The molecule has 0 radical (unpaired) electrons.